The molecule has 0 aromatic heterocycles. The molecular formula is C20H24. The molecule has 0 spiro atoms. The fourth-order valence-electron chi connectivity index (χ4n) is 1.86. The zero-order valence-corrected chi connectivity index (χ0v) is 13.0. The topological polar surface area (TPSA) is 0 Å². The molecule has 0 aliphatic rings. The average Bonchev–Trinajstić information content (AvgIpc) is 2.42. The molecule has 0 unspecified atom stereocenters. The van der Waals surface area contributed by atoms with Gasteiger partial charge in [-0.15, -0.1) is 0 Å². The van der Waals surface area contributed by atoms with E-state index in [2.05, 4.69) is 63.4 Å². The Hall–Kier alpha value is -2.08. The Morgan fingerprint density at radius 1 is 0.650 bits per heavy atom. The largest absolute Gasteiger partial charge is 0.0955 e. The van der Waals surface area contributed by atoms with E-state index in [-0.39, 0.29) is 0 Å². The van der Waals surface area contributed by atoms with Crippen LogP contribution in [0.5, 0.6) is 0 Å². The van der Waals surface area contributed by atoms with E-state index < -0.39 is 0 Å². The van der Waals surface area contributed by atoms with Crippen LogP contribution in [-0.2, 0) is 0 Å². The molecule has 0 heterocycles. The molecule has 0 saturated heterocycles. The molecule has 0 radical (unpaired) electrons. The Bertz CT molecular complexity index is 532. The Labute approximate surface area is 123 Å². The van der Waals surface area contributed by atoms with Gasteiger partial charge in [0.15, 0.2) is 0 Å². The van der Waals surface area contributed by atoms with Gasteiger partial charge in [-0.05, 0) is 38.8 Å². The van der Waals surface area contributed by atoms with Crippen molar-refractivity contribution in [2.24, 2.45) is 0 Å². The van der Waals surface area contributed by atoms with E-state index in [0.717, 1.165) is 11.1 Å². The highest BCUT2D eigenvalue weighted by Gasteiger charge is 2.01. The highest BCUT2D eigenvalue weighted by atomic mass is 14.1. The first-order chi connectivity index (χ1) is 9.41. The van der Waals surface area contributed by atoms with Gasteiger partial charge >= 0.3 is 0 Å². The lowest BCUT2D eigenvalue weighted by Crippen LogP contribution is -1.86. The molecule has 0 aliphatic carbocycles. The van der Waals surface area contributed by atoms with Gasteiger partial charge in [-0.25, -0.2) is 0 Å². The maximum absolute atomic E-state index is 3.93. The standard InChI is InChI=1S/C12H14.C8H10/c1-9(2)11-7-5-6-8-12(11)10(3)4;1-7-3-5-8(2)6-4-7/h5-8H,1,3H2,2,4H3;3-6H,1-2H3. The number of hydrogen-bond donors (Lipinski definition) is 0. The maximum atomic E-state index is 3.93. The minimum atomic E-state index is 1.09. The maximum Gasteiger partial charge on any atom is -0.0158 e. The first-order valence-electron chi connectivity index (χ1n) is 6.86. The molecule has 2 rings (SSSR count). The van der Waals surface area contributed by atoms with E-state index in [9.17, 15) is 0 Å². The van der Waals surface area contributed by atoms with Crippen molar-refractivity contribution in [2.75, 3.05) is 0 Å². The summed E-state index contributed by atoms with van der Waals surface area (Å²) in [5.41, 5.74) is 7.24. The van der Waals surface area contributed by atoms with E-state index >= 15 is 0 Å². The zero-order chi connectivity index (χ0) is 15.1. The van der Waals surface area contributed by atoms with E-state index in [4.69, 9.17) is 0 Å². The van der Waals surface area contributed by atoms with Crippen LogP contribution in [0.25, 0.3) is 11.1 Å². The van der Waals surface area contributed by atoms with E-state index in [0.29, 0.717) is 0 Å². The predicted molar refractivity (Wildman–Crippen MR) is 91.8 cm³/mol. The van der Waals surface area contributed by atoms with E-state index in [1.165, 1.54) is 22.3 Å². The number of aryl methyl sites for hydroxylation is 2. The molecule has 0 saturated carbocycles. The second-order valence-corrected chi connectivity index (χ2v) is 5.26. The van der Waals surface area contributed by atoms with Crippen LogP contribution in [-0.4, -0.2) is 0 Å². The van der Waals surface area contributed by atoms with Gasteiger partial charge in [-0.1, -0.05) is 84.0 Å². The monoisotopic (exact) mass is 264 g/mol. The highest BCUT2D eigenvalue weighted by molar-refractivity contribution is 5.76. The molecule has 2 aromatic carbocycles. The summed E-state index contributed by atoms with van der Waals surface area (Å²) >= 11 is 0. The van der Waals surface area contributed by atoms with Crippen LogP contribution in [0.1, 0.15) is 36.1 Å². The number of benzene rings is 2. The van der Waals surface area contributed by atoms with E-state index in [1.54, 1.807) is 0 Å². The minimum Gasteiger partial charge on any atom is -0.0955 e. The molecule has 0 heteroatoms. The third kappa shape index (κ3) is 4.89. The summed E-state index contributed by atoms with van der Waals surface area (Å²) in [6, 6.07) is 16.7. The molecule has 104 valence electrons. The summed E-state index contributed by atoms with van der Waals surface area (Å²) in [4.78, 5) is 0. The fourth-order valence-corrected chi connectivity index (χ4v) is 1.86. The van der Waals surface area contributed by atoms with Crippen LogP contribution in [0.2, 0.25) is 0 Å². The number of allylic oxidation sites excluding steroid dienone is 2. The van der Waals surface area contributed by atoms with Crippen molar-refractivity contribution in [3.63, 3.8) is 0 Å². The second kappa shape index (κ2) is 7.49. The van der Waals surface area contributed by atoms with Crippen LogP contribution < -0.4 is 0 Å². The number of rotatable bonds is 2. The van der Waals surface area contributed by atoms with Gasteiger partial charge in [0.25, 0.3) is 0 Å². The molecule has 0 atom stereocenters. The highest BCUT2D eigenvalue weighted by Crippen LogP contribution is 2.22. The molecule has 0 amide bonds. The quantitative estimate of drug-likeness (QED) is 0.618. The SMILES string of the molecule is C=C(C)c1ccccc1C(=C)C.Cc1ccc(C)cc1. The van der Waals surface area contributed by atoms with Crippen molar-refractivity contribution in [3.05, 3.63) is 83.9 Å². The number of hydrogen-bond acceptors (Lipinski definition) is 0. The molecule has 2 aromatic rings. The van der Waals surface area contributed by atoms with Crippen LogP contribution in [0.15, 0.2) is 61.7 Å². The van der Waals surface area contributed by atoms with Crippen molar-refractivity contribution in [1.29, 1.82) is 0 Å². The summed E-state index contributed by atoms with van der Waals surface area (Å²) in [6.07, 6.45) is 0. The Morgan fingerprint density at radius 3 is 1.20 bits per heavy atom. The first-order valence-corrected chi connectivity index (χ1v) is 6.86. The Kier molecular flexibility index (Phi) is 5.99. The van der Waals surface area contributed by atoms with Crippen LogP contribution in [0.4, 0.5) is 0 Å². The smallest absolute Gasteiger partial charge is 0.0158 e. The van der Waals surface area contributed by atoms with Crippen molar-refractivity contribution in [3.8, 4) is 0 Å². The summed E-state index contributed by atoms with van der Waals surface area (Å²) in [5, 5.41) is 0. The lowest BCUT2D eigenvalue weighted by molar-refractivity contribution is 1.40. The molecule has 0 nitrogen and oxygen atoms in total. The Morgan fingerprint density at radius 2 is 0.950 bits per heavy atom. The first kappa shape index (κ1) is 16.0. The lowest BCUT2D eigenvalue weighted by Gasteiger charge is -2.07. The second-order valence-electron chi connectivity index (χ2n) is 5.26. The molecule has 0 bridgehead atoms. The lowest BCUT2D eigenvalue weighted by atomic mass is 9.98. The molecule has 0 aliphatic heterocycles. The minimum absolute atomic E-state index is 1.09. The molecule has 20 heavy (non-hydrogen) atoms. The van der Waals surface area contributed by atoms with Gasteiger partial charge < -0.3 is 0 Å². The fraction of sp³-hybridized carbons (Fsp3) is 0.200. The molecule has 0 fully saturated rings. The van der Waals surface area contributed by atoms with Crippen LogP contribution in [0, 0.1) is 13.8 Å². The average molecular weight is 264 g/mol. The van der Waals surface area contributed by atoms with Gasteiger partial charge in [0.2, 0.25) is 0 Å². The van der Waals surface area contributed by atoms with Crippen LogP contribution in [0.3, 0.4) is 0 Å². The van der Waals surface area contributed by atoms with Gasteiger partial charge in [0.05, 0.1) is 0 Å². The van der Waals surface area contributed by atoms with Gasteiger partial charge in [0.1, 0.15) is 0 Å². The van der Waals surface area contributed by atoms with E-state index in [1.807, 2.05) is 26.0 Å². The summed E-state index contributed by atoms with van der Waals surface area (Å²) < 4.78 is 0. The predicted octanol–water partition coefficient (Wildman–Crippen LogP) is 6.06. The third-order valence-electron chi connectivity index (χ3n) is 3.06. The third-order valence-corrected chi connectivity index (χ3v) is 3.06. The van der Waals surface area contributed by atoms with Crippen molar-refractivity contribution in [2.45, 2.75) is 27.7 Å². The molecular weight excluding hydrogens is 240 g/mol. The molecule has 0 N–H and O–H groups in total. The summed E-state index contributed by atoms with van der Waals surface area (Å²) in [6.45, 7) is 16.1. The van der Waals surface area contributed by atoms with Gasteiger partial charge in [-0.3, -0.25) is 0 Å². The van der Waals surface area contributed by atoms with Crippen molar-refractivity contribution >= 4 is 11.1 Å². The van der Waals surface area contributed by atoms with Gasteiger partial charge in [-0.2, -0.15) is 0 Å². The zero-order valence-electron chi connectivity index (χ0n) is 13.0. The summed E-state index contributed by atoms with van der Waals surface area (Å²) in [7, 11) is 0. The van der Waals surface area contributed by atoms with Gasteiger partial charge in [0, 0.05) is 0 Å². The summed E-state index contributed by atoms with van der Waals surface area (Å²) in [5.74, 6) is 0. The van der Waals surface area contributed by atoms with Crippen LogP contribution >= 0.6 is 0 Å². The van der Waals surface area contributed by atoms with Crippen molar-refractivity contribution in [1.82, 2.24) is 0 Å². The normalized spacial score (nSPS) is 9.40. The van der Waals surface area contributed by atoms with Crippen molar-refractivity contribution < 1.29 is 0 Å². The Balaban J connectivity index is 0.000000217.